The van der Waals surface area contributed by atoms with Crippen molar-refractivity contribution in [2.75, 3.05) is 28.2 Å². The Morgan fingerprint density at radius 1 is 1.20 bits per heavy atom. The van der Waals surface area contributed by atoms with Crippen LogP contribution in [0, 0.1) is 0 Å². The highest BCUT2D eigenvalue weighted by atomic mass is 31.2. The molecule has 0 aliphatic heterocycles. The molecule has 0 atom stereocenters. The summed E-state index contributed by atoms with van der Waals surface area (Å²) in [4.78, 5) is 4.20. The molecular weight excluding hydrogens is 209 g/mol. The molecule has 0 bridgehead atoms. The van der Waals surface area contributed by atoms with Crippen LogP contribution in [0.2, 0.25) is 0 Å². The SMILES string of the molecule is CN(C)P(=O)(Cc1ccccn1)N(C)C. The number of rotatable bonds is 4. The van der Waals surface area contributed by atoms with Crippen molar-refractivity contribution in [3.8, 4) is 0 Å². The zero-order valence-electron chi connectivity index (χ0n) is 9.71. The lowest BCUT2D eigenvalue weighted by molar-refractivity contribution is 0.446. The Bertz CT molecular complexity index is 339. The molecule has 0 aliphatic rings. The van der Waals surface area contributed by atoms with Crippen molar-refractivity contribution in [2.24, 2.45) is 0 Å². The van der Waals surface area contributed by atoms with E-state index in [0.29, 0.717) is 6.16 Å². The number of nitrogens with zero attached hydrogens (tertiary/aromatic N) is 3. The van der Waals surface area contributed by atoms with Gasteiger partial charge in [0.15, 0.2) is 0 Å². The molecule has 0 saturated carbocycles. The first-order valence-corrected chi connectivity index (χ1v) is 6.61. The molecule has 1 heterocycles. The van der Waals surface area contributed by atoms with Crippen molar-refractivity contribution in [1.82, 2.24) is 14.3 Å². The van der Waals surface area contributed by atoms with Gasteiger partial charge in [0.2, 0.25) is 7.44 Å². The van der Waals surface area contributed by atoms with Crippen LogP contribution in [0.3, 0.4) is 0 Å². The Morgan fingerprint density at radius 2 is 1.80 bits per heavy atom. The van der Waals surface area contributed by atoms with E-state index >= 15 is 0 Å². The van der Waals surface area contributed by atoms with E-state index in [1.165, 1.54) is 0 Å². The number of aromatic nitrogens is 1. The summed E-state index contributed by atoms with van der Waals surface area (Å²) in [6, 6.07) is 5.68. The average molecular weight is 227 g/mol. The molecule has 1 rings (SSSR count). The third-order valence-electron chi connectivity index (χ3n) is 2.34. The summed E-state index contributed by atoms with van der Waals surface area (Å²) < 4.78 is 16.2. The van der Waals surface area contributed by atoms with E-state index in [0.717, 1.165) is 5.69 Å². The molecule has 0 aliphatic carbocycles. The highest BCUT2D eigenvalue weighted by Crippen LogP contribution is 2.51. The summed E-state index contributed by atoms with van der Waals surface area (Å²) in [5, 5.41) is 0. The molecule has 4 nitrogen and oxygen atoms in total. The molecule has 0 saturated heterocycles. The van der Waals surface area contributed by atoms with Crippen LogP contribution in [-0.2, 0) is 10.7 Å². The van der Waals surface area contributed by atoms with Gasteiger partial charge >= 0.3 is 0 Å². The van der Waals surface area contributed by atoms with Crippen LogP contribution >= 0.6 is 7.44 Å². The highest BCUT2D eigenvalue weighted by molar-refractivity contribution is 7.58. The van der Waals surface area contributed by atoms with Crippen molar-refractivity contribution in [3.63, 3.8) is 0 Å². The standard InChI is InChI=1S/C10H18N3OP/c1-12(2)15(14,13(3)4)9-10-7-5-6-8-11-10/h5-8H,9H2,1-4H3. The highest BCUT2D eigenvalue weighted by Gasteiger charge is 2.28. The fourth-order valence-corrected chi connectivity index (χ4v) is 3.23. The lowest BCUT2D eigenvalue weighted by Gasteiger charge is -2.30. The summed E-state index contributed by atoms with van der Waals surface area (Å²) >= 11 is 0. The van der Waals surface area contributed by atoms with E-state index in [1.54, 1.807) is 15.5 Å². The van der Waals surface area contributed by atoms with Crippen LogP contribution in [0.15, 0.2) is 24.4 Å². The smallest absolute Gasteiger partial charge is 0.221 e. The van der Waals surface area contributed by atoms with Gasteiger partial charge in [0.1, 0.15) is 0 Å². The summed E-state index contributed by atoms with van der Waals surface area (Å²) in [5.74, 6) is 0. The molecule has 0 N–H and O–H groups in total. The number of hydrogen-bond acceptors (Lipinski definition) is 2. The average Bonchev–Trinajstić information content (AvgIpc) is 2.18. The molecular formula is C10H18N3OP. The largest absolute Gasteiger partial charge is 0.288 e. The topological polar surface area (TPSA) is 36.4 Å². The van der Waals surface area contributed by atoms with Gasteiger partial charge in [-0.3, -0.25) is 9.55 Å². The van der Waals surface area contributed by atoms with Crippen LogP contribution in [0.1, 0.15) is 5.69 Å². The lowest BCUT2D eigenvalue weighted by Crippen LogP contribution is -2.22. The van der Waals surface area contributed by atoms with Gasteiger partial charge < -0.3 is 0 Å². The van der Waals surface area contributed by atoms with E-state index in [4.69, 9.17) is 0 Å². The maximum atomic E-state index is 12.6. The second-order valence-electron chi connectivity index (χ2n) is 3.84. The van der Waals surface area contributed by atoms with E-state index in [1.807, 2.05) is 46.4 Å². The second kappa shape index (κ2) is 4.88. The monoisotopic (exact) mass is 227 g/mol. The van der Waals surface area contributed by atoms with Crippen LogP contribution in [0.5, 0.6) is 0 Å². The van der Waals surface area contributed by atoms with Crippen LogP contribution in [0.25, 0.3) is 0 Å². The molecule has 5 heteroatoms. The first kappa shape index (κ1) is 12.4. The molecule has 0 aromatic carbocycles. The Hall–Kier alpha value is -0.700. The van der Waals surface area contributed by atoms with Crippen molar-refractivity contribution in [1.29, 1.82) is 0 Å². The molecule has 0 amide bonds. The quantitative estimate of drug-likeness (QED) is 0.736. The molecule has 0 radical (unpaired) electrons. The molecule has 84 valence electrons. The zero-order chi connectivity index (χ0) is 11.5. The predicted molar refractivity (Wildman–Crippen MR) is 62.9 cm³/mol. The third kappa shape index (κ3) is 2.88. The molecule has 0 fully saturated rings. The van der Waals surface area contributed by atoms with Gasteiger partial charge in [0.25, 0.3) is 0 Å². The first-order chi connectivity index (χ1) is 6.97. The lowest BCUT2D eigenvalue weighted by atomic mass is 10.4. The van der Waals surface area contributed by atoms with Crippen LogP contribution < -0.4 is 0 Å². The molecule has 1 aromatic rings. The maximum Gasteiger partial charge on any atom is 0.221 e. The predicted octanol–water partition coefficient (Wildman–Crippen LogP) is 1.90. The van der Waals surface area contributed by atoms with Gasteiger partial charge in [-0.1, -0.05) is 6.07 Å². The van der Waals surface area contributed by atoms with Crippen molar-refractivity contribution in [2.45, 2.75) is 6.16 Å². The fraction of sp³-hybridized carbons (Fsp3) is 0.500. The summed E-state index contributed by atoms with van der Waals surface area (Å²) in [5.41, 5.74) is 0.864. The second-order valence-corrected chi connectivity index (χ2v) is 7.08. The Balaban J connectivity index is 2.91. The van der Waals surface area contributed by atoms with Crippen molar-refractivity contribution >= 4 is 7.44 Å². The normalized spacial score (nSPS) is 12.4. The number of hydrogen-bond donors (Lipinski definition) is 0. The molecule has 1 aromatic heterocycles. The minimum Gasteiger partial charge on any atom is -0.288 e. The Kier molecular flexibility index (Phi) is 4.03. The van der Waals surface area contributed by atoms with Gasteiger partial charge in [0, 0.05) is 6.20 Å². The van der Waals surface area contributed by atoms with E-state index in [9.17, 15) is 4.57 Å². The Labute approximate surface area is 91.4 Å². The summed E-state index contributed by atoms with van der Waals surface area (Å²) in [6.45, 7) is 0. The third-order valence-corrected chi connectivity index (χ3v) is 5.58. The van der Waals surface area contributed by atoms with Gasteiger partial charge in [-0.05, 0) is 40.3 Å². The minimum absolute atomic E-state index is 0.480. The number of pyridine rings is 1. The van der Waals surface area contributed by atoms with Crippen LogP contribution in [-0.4, -0.2) is 42.5 Å². The Morgan fingerprint density at radius 3 is 2.20 bits per heavy atom. The van der Waals surface area contributed by atoms with Gasteiger partial charge in [-0.15, -0.1) is 0 Å². The van der Waals surface area contributed by atoms with Gasteiger partial charge in [-0.25, -0.2) is 9.34 Å². The minimum atomic E-state index is -2.48. The fourth-order valence-electron chi connectivity index (χ4n) is 1.34. The molecule has 15 heavy (non-hydrogen) atoms. The van der Waals surface area contributed by atoms with Crippen molar-refractivity contribution in [3.05, 3.63) is 30.1 Å². The summed E-state index contributed by atoms with van der Waals surface area (Å²) in [7, 11) is 4.87. The molecule has 0 unspecified atom stereocenters. The maximum absolute atomic E-state index is 12.6. The van der Waals surface area contributed by atoms with E-state index < -0.39 is 7.44 Å². The first-order valence-electron chi connectivity index (χ1n) is 4.81. The summed E-state index contributed by atoms with van der Waals surface area (Å²) in [6.07, 6.45) is 2.21. The van der Waals surface area contributed by atoms with E-state index in [-0.39, 0.29) is 0 Å². The van der Waals surface area contributed by atoms with Gasteiger partial charge in [-0.2, -0.15) is 0 Å². The van der Waals surface area contributed by atoms with Crippen LogP contribution in [0.4, 0.5) is 0 Å². The van der Waals surface area contributed by atoms with Gasteiger partial charge in [0.05, 0.1) is 11.9 Å². The van der Waals surface area contributed by atoms with E-state index in [2.05, 4.69) is 4.98 Å². The zero-order valence-corrected chi connectivity index (χ0v) is 10.6. The molecule has 0 spiro atoms. The van der Waals surface area contributed by atoms with Crippen molar-refractivity contribution < 1.29 is 4.57 Å².